The van der Waals surface area contributed by atoms with Crippen LogP contribution in [-0.4, -0.2) is 76.7 Å². The van der Waals surface area contributed by atoms with Gasteiger partial charge in [0.25, 0.3) is 0 Å². The topological polar surface area (TPSA) is 74.2 Å². The van der Waals surface area contributed by atoms with Crippen molar-refractivity contribution < 1.29 is 32.5 Å². The summed E-state index contributed by atoms with van der Waals surface area (Å²) in [5, 5.41) is 0. The van der Waals surface area contributed by atoms with Gasteiger partial charge < -0.3 is 18.9 Å². The first-order valence-electron chi connectivity index (χ1n) is 14.4. The van der Waals surface area contributed by atoms with Crippen LogP contribution < -0.4 is 0 Å². The Balaban J connectivity index is 3.52. The van der Waals surface area contributed by atoms with Crippen molar-refractivity contribution in [2.45, 2.75) is 109 Å². The average Bonchev–Trinajstić information content (AvgIpc) is 2.81. The SMILES string of the molecule is CCCCCCCC/C=C\CCCCCCCCCOC[C@H](COP(=O)(O)OCC[N+](C)(C)C)OC. The number of unbranched alkanes of at least 4 members (excludes halogenated alkanes) is 13. The van der Waals surface area contributed by atoms with Crippen LogP contribution in [0.3, 0.4) is 0 Å². The zero-order chi connectivity index (χ0) is 27.0. The Labute approximate surface area is 223 Å². The molecule has 36 heavy (non-hydrogen) atoms. The Morgan fingerprint density at radius 3 is 1.81 bits per heavy atom. The van der Waals surface area contributed by atoms with E-state index in [-0.39, 0.29) is 13.2 Å². The van der Waals surface area contributed by atoms with Gasteiger partial charge in [0, 0.05) is 13.7 Å². The molecule has 0 spiro atoms. The van der Waals surface area contributed by atoms with E-state index < -0.39 is 13.9 Å². The third-order valence-corrected chi connectivity index (χ3v) is 7.11. The molecule has 0 aliphatic heterocycles. The van der Waals surface area contributed by atoms with Gasteiger partial charge in [-0.25, -0.2) is 4.57 Å². The molecule has 0 aromatic carbocycles. The first-order valence-corrected chi connectivity index (χ1v) is 15.9. The summed E-state index contributed by atoms with van der Waals surface area (Å²) in [6.07, 6.45) is 23.7. The van der Waals surface area contributed by atoms with Crippen molar-refractivity contribution in [2.75, 3.05) is 61.2 Å². The molecule has 216 valence electrons. The largest absolute Gasteiger partial charge is 0.472 e. The molecule has 0 saturated carbocycles. The molecule has 2 atom stereocenters. The van der Waals surface area contributed by atoms with Crippen LogP contribution in [0.5, 0.6) is 0 Å². The molecule has 0 heterocycles. The molecule has 0 rings (SSSR count). The molecule has 8 heteroatoms. The summed E-state index contributed by atoms with van der Waals surface area (Å²) in [7, 11) is 3.44. The van der Waals surface area contributed by atoms with Gasteiger partial charge in [0.15, 0.2) is 0 Å². The van der Waals surface area contributed by atoms with Crippen LogP contribution in [0.25, 0.3) is 0 Å². The van der Waals surface area contributed by atoms with Gasteiger partial charge >= 0.3 is 7.82 Å². The maximum absolute atomic E-state index is 12.0. The van der Waals surface area contributed by atoms with Crippen molar-refractivity contribution in [1.29, 1.82) is 0 Å². The fourth-order valence-corrected chi connectivity index (χ4v) is 4.41. The Kier molecular flexibility index (Phi) is 23.6. The number of allylic oxidation sites excluding steroid dienone is 2. The van der Waals surface area contributed by atoms with Gasteiger partial charge in [-0.1, -0.05) is 83.3 Å². The standard InChI is InChI=1S/C28H58NO6P/c1-6-7-8-9-10-11-12-13-14-15-16-17-18-19-20-21-22-24-33-26-28(32-5)27-35-36(30,31)34-25-23-29(2,3)4/h13-14,28H,6-12,15-27H2,1-5H3/p+1/b14-13-/t28-/m1/s1. The number of methoxy groups -OCH3 is 1. The summed E-state index contributed by atoms with van der Waals surface area (Å²) in [6.45, 7) is 4.00. The van der Waals surface area contributed by atoms with Crippen molar-refractivity contribution in [1.82, 2.24) is 0 Å². The van der Waals surface area contributed by atoms with E-state index >= 15 is 0 Å². The summed E-state index contributed by atoms with van der Waals surface area (Å²) in [4.78, 5) is 9.79. The number of hydrogen-bond donors (Lipinski definition) is 1. The summed E-state index contributed by atoms with van der Waals surface area (Å²) in [5.74, 6) is 0. The number of phosphoric acid groups is 1. The number of rotatable bonds is 27. The monoisotopic (exact) mass is 536 g/mol. The van der Waals surface area contributed by atoms with Gasteiger partial charge in [0.2, 0.25) is 0 Å². The van der Waals surface area contributed by atoms with Gasteiger partial charge in [0.05, 0.1) is 34.4 Å². The van der Waals surface area contributed by atoms with Crippen LogP contribution >= 0.6 is 7.82 Å². The summed E-state index contributed by atoms with van der Waals surface area (Å²) in [6, 6.07) is 0. The van der Waals surface area contributed by atoms with Crippen molar-refractivity contribution in [3.63, 3.8) is 0 Å². The maximum atomic E-state index is 12.0. The molecule has 0 bridgehead atoms. The summed E-state index contributed by atoms with van der Waals surface area (Å²) >= 11 is 0. The van der Waals surface area contributed by atoms with Gasteiger partial charge in [-0.15, -0.1) is 0 Å². The van der Waals surface area contributed by atoms with E-state index in [0.717, 1.165) is 12.8 Å². The molecule has 0 fully saturated rings. The zero-order valence-electron chi connectivity index (χ0n) is 24.3. The highest BCUT2D eigenvalue weighted by Crippen LogP contribution is 2.43. The van der Waals surface area contributed by atoms with E-state index in [1.165, 1.54) is 83.5 Å². The molecular weight excluding hydrogens is 477 g/mol. The van der Waals surface area contributed by atoms with Gasteiger partial charge in [-0.2, -0.15) is 0 Å². The van der Waals surface area contributed by atoms with Crippen molar-refractivity contribution >= 4 is 7.82 Å². The number of likely N-dealkylation sites (N-methyl/N-ethyl adjacent to an activating group) is 1. The molecule has 0 aromatic rings. The minimum atomic E-state index is -4.07. The lowest BCUT2D eigenvalue weighted by atomic mass is 10.1. The second-order valence-electron chi connectivity index (χ2n) is 10.8. The van der Waals surface area contributed by atoms with E-state index in [2.05, 4.69) is 19.1 Å². The molecule has 0 aromatic heterocycles. The molecule has 0 amide bonds. The molecule has 1 unspecified atom stereocenters. The Morgan fingerprint density at radius 2 is 1.28 bits per heavy atom. The van der Waals surface area contributed by atoms with Crippen LogP contribution in [0.15, 0.2) is 12.2 Å². The van der Waals surface area contributed by atoms with Crippen LogP contribution in [-0.2, 0) is 23.1 Å². The number of ether oxygens (including phenoxy) is 2. The Hall–Kier alpha value is -0.270. The van der Waals surface area contributed by atoms with Crippen molar-refractivity contribution in [2.24, 2.45) is 0 Å². The summed E-state index contributed by atoms with van der Waals surface area (Å²) < 4.78 is 33.7. The Bertz CT molecular complexity index is 553. The van der Waals surface area contributed by atoms with Crippen molar-refractivity contribution in [3.8, 4) is 0 Å². The lowest BCUT2D eigenvalue weighted by Gasteiger charge is -2.24. The molecule has 7 nitrogen and oxygen atoms in total. The average molecular weight is 537 g/mol. The Morgan fingerprint density at radius 1 is 0.750 bits per heavy atom. The van der Waals surface area contributed by atoms with Gasteiger partial charge in [-0.3, -0.25) is 9.05 Å². The number of phosphoric ester groups is 1. The molecule has 0 aliphatic carbocycles. The predicted octanol–water partition coefficient (Wildman–Crippen LogP) is 7.29. The van der Waals surface area contributed by atoms with Crippen LogP contribution in [0.2, 0.25) is 0 Å². The van der Waals surface area contributed by atoms with E-state index in [1.807, 2.05) is 21.1 Å². The number of hydrogen-bond acceptors (Lipinski definition) is 5. The lowest BCUT2D eigenvalue weighted by molar-refractivity contribution is -0.870. The molecule has 0 radical (unpaired) electrons. The minimum Gasteiger partial charge on any atom is -0.379 e. The number of quaternary nitrogens is 1. The fourth-order valence-electron chi connectivity index (χ4n) is 3.67. The minimum absolute atomic E-state index is 0.0388. The molecule has 0 aliphatic rings. The van der Waals surface area contributed by atoms with Crippen LogP contribution in [0.4, 0.5) is 0 Å². The lowest BCUT2D eigenvalue weighted by Crippen LogP contribution is -2.37. The van der Waals surface area contributed by atoms with Gasteiger partial charge in [-0.05, 0) is 32.1 Å². The maximum Gasteiger partial charge on any atom is 0.472 e. The van der Waals surface area contributed by atoms with Crippen molar-refractivity contribution in [3.05, 3.63) is 12.2 Å². The van der Waals surface area contributed by atoms with Crippen LogP contribution in [0.1, 0.15) is 103 Å². The van der Waals surface area contributed by atoms with E-state index in [9.17, 15) is 9.46 Å². The summed E-state index contributed by atoms with van der Waals surface area (Å²) in [5.41, 5.74) is 0. The second kappa shape index (κ2) is 23.8. The second-order valence-corrected chi connectivity index (χ2v) is 12.3. The molecule has 0 saturated heterocycles. The molecule has 1 N–H and O–H groups in total. The highest BCUT2D eigenvalue weighted by molar-refractivity contribution is 7.47. The third kappa shape index (κ3) is 26.8. The van der Waals surface area contributed by atoms with Crippen LogP contribution in [0, 0.1) is 0 Å². The normalized spacial score (nSPS) is 14.9. The highest BCUT2D eigenvalue weighted by Gasteiger charge is 2.24. The predicted molar refractivity (Wildman–Crippen MR) is 150 cm³/mol. The van der Waals surface area contributed by atoms with E-state index in [1.54, 1.807) is 7.11 Å². The number of nitrogens with zero attached hydrogens (tertiary/aromatic N) is 1. The fraction of sp³-hybridized carbons (Fsp3) is 0.929. The third-order valence-electron chi connectivity index (χ3n) is 6.13. The molecular formula is C28H59NO6P+. The quantitative estimate of drug-likeness (QED) is 0.0514. The van der Waals surface area contributed by atoms with E-state index in [0.29, 0.717) is 24.2 Å². The van der Waals surface area contributed by atoms with Gasteiger partial charge in [0.1, 0.15) is 19.3 Å². The smallest absolute Gasteiger partial charge is 0.379 e. The van der Waals surface area contributed by atoms with E-state index in [4.69, 9.17) is 18.5 Å². The highest BCUT2D eigenvalue weighted by atomic mass is 31.2. The zero-order valence-corrected chi connectivity index (χ0v) is 25.2. The first-order chi connectivity index (χ1) is 17.2. The first kappa shape index (κ1) is 35.7.